The lowest BCUT2D eigenvalue weighted by Crippen LogP contribution is -2.34. The fourth-order valence-electron chi connectivity index (χ4n) is 4.31. The Hall–Kier alpha value is -4.72. The van der Waals surface area contributed by atoms with E-state index in [1.165, 1.54) is 15.8 Å². The molecule has 2 heterocycles. The smallest absolute Gasteiger partial charge is 0.267 e. The number of amides is 1. The van der Waals surface area contributed by atoms with Gasteiger partial charge in [-0.25, -0.2) is 9.69 Å². The van der Waals surface area contributed by atoms with Gasteiger partial charge in [-0.1, -0.05) is 42.5 Å². The van der Waals surface area contributed by atoms with Gasteiger partial charge in [-0.05, 0) is 53.6 Å². The number of hydrogen-bond donors (Lipinski definition) is 0. The van der Waals surface area contributed by atoms with Crippen molar-refractivity contribution in [1.82, 2.24) is 14.8 Å². The Morgan fingerprint density at radius 2 is 1.49 bits per heavy atom. The van der Waals surface area contributed by atoms with Crippen LogP contribution in [0.4, 0.5) is 0 Å². The molecular weight excluding hydrogens is 468 g/mol. The number of hydrazone groups is 1. The van der Waals surface area contributed by atoms with E-state index >= 15 is 0 Å². The summed E-state index contributed by atoms with van der Waals surface area (Å²) < 4.78 is 11.7. The Balaban J connectivity index is 1.46. The molecule has 0 spiro atoms. The molecule has 0 aliphatic carbocycles. The largest absolute Gasteiger partial charge is 0.497 e. The quantitative estimate of drug-likeness (QED) is 0.382. The van der Waals surface area contributed by atoms with Crippen molar-refractivity contribution >= 4 is 11.6 Å². The van der Waals surface area contributed by atoms with E-state index in [0.29, 0.717) is 12.1 Å². The molecule has 1 atom stereocenters. The summed E-state index contributed by atoms with van der Waals surface area (Å²) >= 11 is 0. The van der Waals surface area contributed by atoms with Gasteiger partial charge in [0.25, 0.3) is 11.5 Å². The van der Waals surface area contributed by atoms with Gasteiger partial charge in [0.05, 0.1) is 31.7 Å². The van der Waals surface area contributed by atoms with Gasteiger partial charge in [0.2, 0.25) is 0 Å². The Labute approximate surface area is 214 Å². The van der Waals surface area contributed by atoms with E-state index in [0.717, 1.165) is 33.9 Å². The van der Waals surface area contributed by atoms with Crippen LogP contribution in [0, 0.1) is 0 Å². The van der Waals surface area contributed by atoms with Gasteiger partial charge in [-0.3, -0.25) is 9.59 Å². The van der Waals surface area contributed by atoms with Crippen LogP contribution in [-0.2, 0) is 11.3 Å². The van der Waals surface area contributed by atoms with Crippen LogP contribution in [-0.4, -0.2) is 40.6 Å². The SMILES string of the molecule is COc1ccc(C2=NN(C(=O)Cn3nc(-c4ccccc4)ccc3=O)C(c3ccc(OC)cc3)C2)cc1. The maximum Gasteiger partial charge on any atom is 0.267 e. The minimum absolute atomic E-state index is 0.231. The highest BCUT2D eigenvalue weighted by Crippen LogP contribution is 2.34. The molecule has 0 fully saturated rings. The normalized spacial score (nSPS) is 14.8. The van der Waals surface area contributed by atoms with E-state index < -0.39 is 0 Å². The Bertz CT molecular complexity index is 1480. The summed E-state index contributed by atoms with van der Waals surface area (Å²) in [6.07, 6.45) is 0.525. The molecule has 3 aromatic carbocycles. The van der Waals surface area contributed by atoms with Gasteiger partial charge in [0.15, 0.2) is 0 Å². The first-order valence-electron chi connectivity index (χ1n) is 11.9. The van der Waals surface area contributed by atoms with Crippen molar-refractivity contribution in [1.29, 1.82) is 0 Å². The number of hydrogen-bond acceptors (Lipinski definition) is 6. The first-order chi connectivity index (χ1) is 18.1. The highest BCUT2D eigenvalue weighted by atomic mass is 16.5. The average molecular weight is 495 g/mol. The van der Waals surface area contributed by atoms with Crippen LogP contribution < -0.4 is 15.0 Å². The predicted octanol–water partition coefficient (Wildman–Crippen LogP) is 4.31. The number of carbonyl (C=O) groups is 1. The molecule has 0 N–H and O–H groups in total. The lowest BCUT2D eigenvalue weighted by atomic mass is 9.98. The average Bonchev–Trinajstić information content (AvgIpc) is 3.40. The van der Waals surface area contributed by atoms with Crippen LogP contribution in [0.1, 0.15) is 23.6 Å². The van der Waals surface area contributed by atoms with E-state index in [1.807, 2.05) is 78.9 Å². The maximum absolute atomic E-state index is 13.6. The van der Waals surface area contributed by atoms with Crippen molar-refractivity contribution in [2.75, 3.05) is 14.2 Å². The summed E-state index contributed by atoms with van der Waals surface area (Å²) in [5.74, 6) is 1.14. The van der Waals surface area contributed by atoms with Crippen molar-refractivity contribution in [3.8, 4) is 22.8 Å². The van der Waals surface area contributed by atoms with Gasteiger partial charge in [-0.15, -0.1) is 0 Å². The third kappa shape index (κ3) is 5.13. The zero-order valence-electron chi connectivity index (χ0n) is 20.6. The predicted molar refractivity (Wildman–Crippen MR) is 141 cm³/mol. The van der Waals surface area contributed by atoms with E-state index in [4.69, 9.17) is 14.6 Å². The zero-order valence-corrected chi connectivity index (χ0v) is 20.6. The minimum Gasteiger partial charge on any atom is -0.497 e. The van der Waals surface area contributed by atoms with Crippen LogP contribution in [0.3, 0.4) is 0 Å². The monoisotopic (exact) mass is 494 g/mol. The molecule has 186 valence electrons. The molecule has 0 radical (unpaired) electrons. The first-order valence-corrected chi connectivity index (χ1v) is 11.9. The number of ether oxygens (including phenoxy) is 2. The minimum atomic E-state index is -0.354. The summed E-state index contributed by atoms with van der Waals surface area (Å²) in [5, 5.41) is 10.6. The molecule has 1 amide bonds. The van der Waals surface area contributed by atoms with Gasteiger partial charge in [0.1, 0.15) is 18.0 Å². The van der Waals surface area contributed by atoms with Crippen LogP contribution in [0.2, 0.25) is 0 Å². The van der Waals surface area contributed by atoms with Crippen LogP contribution in [0.5, 0.6) is 11.5 Å². The molecule has 5 rings (SSSR count). The topological polar surface area (TPSA) is 86.0 Å². The van der Waals surface area contributed by atoms with Crippen molar-refractivity contribution < 1.29 is 14.3 Å². The molecular formula is C29H26N4O4. The maximum atomic E-state index is 13.6. The third-order valence-corrected chi connectivity index (χ3v) is 6.31. The van der Waals surface area contributed by atoms with Crippen molar-refractivity contribution in [3.63, 3.8) is 0 Å². The lowest BCUT2D eigenvalue weighted by Gasteiger charge is -2.22. The zero-order chi connectivity index (χ0) is 25.8. The van der Waals surface area contributed by atoms with Crippen LogP contribution >= 0.6 is 0 Å². The number of nitrogens with zero attached hydrogens (tertiary/aromatic N) is 4. The molecule has 8 heteroatoms. The highest BCUT2D eigenvalue weighted by Gasteiger charge is 2.33. The van der Waals surface area contributed by atoms with Crippen molar-refractivity contribution in [2.24, 2.45) is 5.10 Å². The van der Waals surface area contributed by atoms with Crippen molar-refractivity contribution in [2.45, 2.75) is 19.0 Å². The Morgan fingerprint density at radius 3 is 2.14 bits per heavy atom. The fraction of sp³-hybridized carbons (Fsp3) is 0.172. The van der Waals surface area contributed by atoms with Crippen LogP contribution in [0.15, 0.2) is 101 Å². The van der Waals surface area contributed by atoms with Crippen molar-refractivity contribution in [3.05, 3.63) is 112 Å². The molecule has 1 unspecified atom stereocenters. The first kappa shape index (κ1) is 24.0. The molecule has 4 aromatic rings. The summed E-state index contributed by atoms with van der Waals surface area (Å²) in [4.78, 5) is 26.2. The lowest BCUT2D eigenvalue weighted by molar-refractivity contribution is -0.133. The summed E-state index contributed by atoms with van der Waals surface area (Å²) in [5.41, 5.74) is 3.71. The summed E-state index contributed by atoms with van der Waals surface area (Å²) in [6.45, 7) is -0.231. The second-order valence-corrected chi connectivity index (χ2v) is 8.59. The molecule has 0 saturated carbocycles. The number of methoxy groups -OCH3 is 2. The molecule has 0 saturated heterocycles. The number of rotatable bonds is 7. The second-order valence-electron chi connectivity index (χ2n) is 8.59. The number of aromatic nitrogens is 2. The summed E-state index contributed by atoms with van der Waals surface area (Å²) in [7, 11) is 3.23. The van der Waals surface area contributed by atoms with Crippen LogP contribution in [0.25, 0.3) is 11.3 Å². The Morgan fingerprint density at radius 1 is 0.838 bits per heavy atom. The standard InChI is InChI=1S/C29H26N4O4/c1-36-23-12-8-21(9-13-23)26-18-27(22-10-14-24(37-2)15-11-22)33(31-26)29(35)19-32-28(34)17-16-25(30-32)20-6-4-3-5-7-20/h3-17,27H,18-19H2,1-2H3. The van der Waals surface area contributed by atoms with Gasteiger partial charge < -0.3 is 9.47 Å². The number of benzene rings is 3. The van der Waals surface area contributed by atoms with Gasteiger partial charge >= 0.3 is 0 Å². The van der Waals surface area contributed by atoms with Gasteiger partial charge in [0, 0.05) is 18.1 Å². The van der Waals surface area contributed by atoms with E-state index in [9.17, 15) is 9.59 Å². The summed E-state index contributed by atoms with van der Waals surface area (Å²) in [6, 6.07) is 27.4. The molecule has 1 aromatic heterocycles. The molecule has 8 nitrogen and oxygen atoms in total. The molecule has 1 aliphatic rings. The third-order valence-electron chi connectivity index (χ3n) is 6.31. The van der Waals surface area contributed by atoms with E-state index in [1.54, 1.807) is 20.3 Å². The van der Waals surface area contributed by atoms with Gasteiger partial charge in [-0.2, -0.15) is 10.2 Å². The molecule has 37 heavy (non-hydrogen) atoms. The number of carbonyl (C=O) groups excluding carboxylic acids is 1. The fourth-order valence-corrected chi connectivity index (χ4v) is 4.31. The second kappa shape index (κ2) is 10.5. The highest BCUT2D eigenvalue weighted by molar-refractivity contribution is 6.03. The van der Waals surface area contributed by atoms with E-state index in [-0.39, 0.29) is 24.1 Å². The Kier molecular flexibility index (Phi) is 6.81. The molecule has 1 aliphatic heterocycles. The molecule has 0 bridgehead atoms. The van der Waals surface area contributed by atoms with E-state index in [2.05, 4.69) is 5.10 Å².